The molecule has 0 heterocycles. The number of carbonyl (C=O) groups is 1. The largest absolute Gasteiger partial charge is 1.00 e. The molecule has 0 spiro atoms. The van der Waals surface area contributed by atoms with Crippen LogP contribution in [0.5, 0.6) is 0 Å². The van der Waals surface area contributed by atoms with Crippen LogP contribution in [0.15, 0.2) is 0 Å². The van der Waals surface area contributed by atoms with Crippen molar-refractivity contribution in [3.8, 4) is 0 Å². The van der Waals surface area contributed by atoms with Crippen molar-refractivity contribution in [1.82, 2.24) is 0 Å². The molecule has 0 amide bonds. The van der Waals surface area contributed by atoms with Crippen LogP contribution in [0.25, 0.3) is 0 Å². The van der Waals surface area contributed by atoms with Crippen LogP contribution in [0, 0.1) is 0 Å². The number of carboxylic acids is 1. The van der Waals surface area contributed by atoms with Gasteiger partial charge in [-0.25, -0.2) is 0 Å². The van der Waals surface area contributed by atoms with Gasteiger partial charge in [-0.1, -0.05) is 6.92 Å². The van der Waals surface area contributed by atoms with E-state index in [0.29, 0.717) is 0 Å². The molecular formula is C5H9NaO2S. The van der Waals surface area contributed by atoms with Crippen molar-refractivity contribution in [2.24, 2.45) is 0 Å². The maximum absolute atomic E-state index is 9.96. The zero-order valence-corrected chi connectivity index (χ0v) is 8.83. The van der Waals surface area contributed by atoms with Crippen LogP contribution in [0.3, 0.4) is 0 Å². The Morgan fingerprint density at radius 2 is 2.22 bits per heavy atom. The van der Waals surface area contributed by atoms with E-state index in [9.17, 15) is 9.90 Å². The molecule has 48 valence electrons. The Morgan fingerprint density at radius 1 is 1.78 bits per heavy atom. The van der Waals surface area contributed by atoms with Crippen LogP contribution in [0.2, 0.25) is 0 Å². The molecule has 0 aliphatic heterocycles. The Labute approximate surface area is 81.7 Å². The van der Waals surface area contributed by atoms with Gasteiger partial charge in [0.2, 0.25) is 0 Å². The van der Waals surface area contributed by atoms with Crippen LogP contribution in [0.1, 0.15) is 13.8 Å². The van der Waals surface area contributed by atoms with Crippen molar-refractivity contribution >= 4 is 17.7 Å². The minimum Gasteiger partial charge on any atom is -0.549 e. The first-order chi connectivity index (χ1) is 3.68. The topological polar surface area (TPSA) is 40.1 Å². The van der Waals surface area contributed by atoms with E-state index in [1.54, 1.807) is 6.92 Å². The molecule has 0 saturated carbocycles. The Hall–Kier alpha value is 0.820. The number of carboxylic acid groups (broad SMARTS) is 1. The zero-order valence-electron chi connectivity index (χ0n) is 6.01. The van der Waals surface area contributed by atoms with Gasteiger partial charge >= 0.3 is 29.6 Å². The van der Waals surface area contributed by atoms with Gasteiger partial charge in [-0.15, -0.1) is 0 Å². The van der Waals surface area contributed by atoms with E-state index >= 15 is 0 Å². The summed E-state index contributed by atoms with van der Waals surface area (Å²) in [7, 11) is 0. The second-order valence-corrected chi connectivity index (χ2v) is 3.03. The molecule has 0 unspecified atom stereocenters. The Kier molecular flexibility index (Phi) is 9.62. The second-order valence-electron chi connectivity index (χ2n) is 1.42. The molecule has 0 aliphatic carbocycles. The molecule has 0 N–H and O–H groups in total. The van der Waals surface area contributed by atoms with E-state index in [0.717, 1.165) is 5.75 Å². The van der Waals surface area contributed by atoms with Crippen molar-refractivity contribution in [2.45, 2.75) is 19.1 Å². The summed E-state index contributed by atoms with van der Waals surface area (Å²) < 4.78 is 0. The molecule has 0 rings (SSSR count). The first-order valence-electron chi connectivity index (χ1n) is 2.51. The van der Waals surface area contributed by atoms with Gasteiger partial charge in [-0.05, 0) is 12.7 Å². The summed E-state index contributed by atoms with van der Waals surface area (Å²) >= 11 is 1.38. The van der Waals surface area contributed by atoms with Crippen molar-refractivity contribution in [3.05, 3.63) is 0 Å². The molecule has 0 bridgehead atoms. The average Bonchev–Trinajstić information content (AvgIpc) is 1.67. The van der Waals surface area contributed by atoms with Gasteiger partial charge < -0.3 is 9.90 Å². The predicted octanol–water partition coefficient (Wildman–Crippen LogP) is -3.12. The number of aliphatic carboxylic acids is 1. The van der Waals surface area contributed by atoms with Gasteiger partial charge in [-0.2, -0.15) is 11.8 Å². The summed E-state index contributed by atoms with van der Waals surface area (Å²) in [4.78, 5) is 9.96. The second kappa shape index (κ2) is 6.93. The molecule has 9 heavy (non-hydrogen) atoms. The zero-order chi connectivity index (χ0) is 6.57. The predicted molar refractivity (Wildman–Crippen MR) is 32.6 cm³/mol. The summed E-state index contributed by atoms with van der Waals surface area (Å²) in [6.07, 6.45) is 0. The number of hydrogen-bond acceptors (Lipinski definition) is 3. The van der Waals surface area contributed by atoms with Crippen LogP contribution < -0.4 is 34.7 Å². The number of hydrogen-bond donors (Lipinski definition) is 0. The Morgan fingerprint density at radius 3 is 2.33 bits per heavy atom. The Bertz CT molecular complexity index is 87.0. The summed E-state index contributed by atoms with van der Waals surface area (Å²) in [5, 5.41) is 9.60. The monoisotopic (exact) mass is 156 g/mol. The molecule has 4 heteroatoms. The van der Waals surface area contributed by atoms with E-state index < -0.39 is 5.97 Å². The number of thioether (sulfide) groups is 1. The molecule has 0 aliphatic rings. The fraction of sp³-hybridized carbons (Fsp3) is 0.800. The van der Waals surface area contributed by atoms with Gasteiger partial charge in [0.05, 0.1) is 5.97 Å². The summed E-state index contributed by atoms with van der Waals surface area (Å²) in [5.41, 5.74) is 0. The maximum Gasteiger partial charge on any atom is 1.00 e. The van der Waals surface area contributed by atoms with Gasteiger partial charge in [-0.3, -0.25) is 0 Å². The standard InChI is InChI=1S/C5H10O2S.Na/c1-3-8-4(2)5(6)7;/h4H,3H2,1-2H3,(H,6,7);/q;+1/p-1/t4-;/m0./s1. The van der Waals surface area contributed by atoms with Crippen molar-refractivity contribution in [3.63, 3.8) is 0 Å². The molecule has 0 aromatic carbocycles. The number of carbonyl (C=O) groups excluding carboxylic acids is 1. The van der Waals surface area contributed by atoms with Gasteiger partial charge in [0.25, 0.3) is 0 Å². The van der Waals surface area contributed by atoms with Crippen molar-refractivity contribution in [1.29, 1.82) is 0 Å². The van der Waals surface area contributed by atoms with E-state index in [2.05, 4.69) is 0 Å². The fourth-order valence-electron chi connectivity index (χ4n) is 0.318. The van der Waals surface area contributed by atoms with E-state index in [-0.39, 0.29) is 34.8 Å². The molecule has 1 atom stereocenters. The van der Waals surface area contributed by atoms with Gasteiger partial charge in [0.15, 0.2) is 0 Å². The Balaban J connectivity index is 0. The van der Waals surface area contributed by atoms with Crippen LogP contribution in [-0.4, -0.2) is 17.0 Å². The maximum atomic E-state index is 9.96. The smallest absolute Gasteiger partial charge is 0.549 e. The molecule has 0 aromatic rings. The van der Waals surface area contributed by atoms with E-state index in [1.165, 1.54) is 11.8 Å². The quantitative estimate of drug-likeness (QED) is 0.406. The summed E-state index contributed by atoms with van der Waals surface area (Å²) in [6, 6.07) is 0. The third-order valence-corrected chi connectivity index (χ3v) is 1.77. The first kappa shape index (κ1) is 12.5. The van der Waals surface area contributed by atoms with Gasteiger partial charge in [0.1, 0.15) is 0 Å². The molecular weight excluding hydrogens is 147 g/mol. The minimum atomic E-state index is -0.975. The molecule has 2 nitrogen and oxygen atoms in total. The third-order valence-electron chi connectivity index (χ3n) is 0.749. The summed E-state index contributed by atoms with van der Waals surface area (Å²) in [6.45, 7) is 3.55. The first-order valence-corrected chi connectivity index (χ1v) is 3.55. The molecule has 0 radical (unpaired) electrons. The van der Waals surface area contributed by atoms with Crippen molar-refractivity contribution in [2.75, 3.05) is 5.75 Å². The summed E-state index contributed by atoms with van der Waals surface area (Å²) in [5.74, 6) is -0.147. The minimum absolute atomic E-state index is 0. The fourth-order valence-corrected chi connectivity index (χ4v) is 0.954. The molecule has 0 aromatic heterocycles. The van der Waals surface area contributed by atoms with E-state index in [1.807, 2.05) is 6.92 Å². The normalized spacial score (nSPS) is 11.8. The van der Waals surface area contributed by atoms with E-state index in [4.69, 9.17) is 0 Å². The third kappa shape index (κ3) is 6.71. The average molecular weight is 156 g/mol. The van der Waals surface area contributed by atoms with Crippen LogP contribution >= 0.6 is 11.8 Å². The number of rotatable bonds is 3. The van der Waals surface area contributed by atoms with Gasteiger partial charge in [0, 0.05) is 5.25 Å². The SMILES string of the molecule is CCS[C@@H](C)C(=O)[O-].[Na+]. The molecule has 0 fully saturated rings. The van der Waals surface area contributed by atoms with Crippen LogP contribution in [-0.2, 0) is 4.79 Å². The molecule has 0 saturated heterocycles. The van der Waals surface area contributed by atoms with Crippen LogP contribution in [0.4, 0.5) is 0 Å². The van der Waals surface area contributed by atoms with Crippen molar-refractivity contribution < 1.29 is 39.5 Å².